The average molecular weight is 356 g/mol. The summed E-state index contributed by atoms with van der Waals surface area (Å²) in [5.41, 5.74) is -0.783. The number of likely N-dealkylation sites (tertiary alicyclic amines) is 1. The number of hydrogen-bond acceptors (Lipinski definition) is 4. The highest BCUT2D eigenvalue weighted by atomic mass is 19.4. The highest BCUT2D eigenvalue weighted by Gasteiger charge is 2.34. The van der Waals surface area contributed by atoms with E-state index in [0.29, 0.717) is 24.8 Å². The lowest BCUT2D eigenvalue weighted by Crippen LogP contribution is -2.35. The number of rotatable bonds is 4. The summed E-state index contributed by atoms with van der Waals surface area (Å²) in [4.78, 5) is 8.61. The lowest BCUT2D eigenvalue weighted by Gasteiger charge is -2.31. The number of aromatic nitrogens is 5. The quantitative estimate of drug-likeness (QED) is 0.915. The minimum atomic E-state index is -4.38. The van der Waals surface area contributed by atoms with Gasteiger partial charge in [-0.25, -0.2) is 4.98 Å². The first-order valence-corrected chi connectivity index (χ1v) is 8.48. The van der Waals surface area contributed by atoms with Gasteiger partial charge in [-0.05, 0) is 19.4 Å². The Morgan fingerprint density at radius 2 is 2.08 bits per heavy atom. The van der Waals surface area contributed by atoms with Crippen LogP contribution in [-0.2, 0) is 19.8 Å². The largest absolute Gasteiger partial charge is 0.432 e. The highest BCUT2D eigenvalue weighted by Crippen LogP contribution is 2.31. The van der Waals surface area contributed by atoms with E-state index in [9.17, 15) is 13.2 Å². The average Bonchev–Trinajstić information content (AvgIpc) is 3.15. The van der Waals surface area contributed by atoms with Crippen molar-refractivity contribution in [1.29, 1.82) is 0 Å². The number of nitrogens with one attached hydrogen (secondary N) is 1. The van der Waals surface area contributed by atoms with Gasteiger partial charge in [0.2, 0.25) is 0 Å². The predicted octanol–water partition coefficient (Wildman–Crippen LogP) is 3.06. The topological polar surface area (TPSA) is 62.6 Å². The van der Waals surface area contributed by atoms with Gasteiger partial charge in [-0.2, -0.15) is 13.2 Å². The fourth-order valence-corrected chi connectivity index (χ4v) is 3.33. The van der Waals surface area contributed by atoms with Crippen LogP contribution in [0.15, 0.2) is 6.20 Å². The smallest absolute Gasteiger partial charge is 0.338 e. The van der Waals surface area contributed by atoms with E-state index >= 15 is 0 Å². The minimum Gasteiger partial charge on any atom is -0.338 e. The first-order chi connectivity index (χ1) is 11.8. The molecule has 0 bridgehead atoms. The molecule has 1 atom stereocenters. The standard InChI is InChI=1S/C16H23F3N6/c1-10(2)15-23-22-13(24(15)3)9-25-6-4-5-11(8-25)14-20-7-12(21-14)16(17,18)19/h7,10-11H,4-6,8-9H2,1-3H3,(H,20,21). The Morgan fingerprint density at radius 1 is 1.32 bits per heavy atom. The van der Waals surface area contributed by atoms with Crippen molar-refractivity contribution in [1.82, 2.24) is 29.6 Å². The van der Waals surface area contributed by atoms with Gasteiger partial charge in [0.15, 0.2) is 0 Å². The summed E-state index contributed by atoms with van der Waals surface area (Å²) < 4.78 is 40.2. The zero-order valence-corrected chi connectivity index (χ0v) is 14.6. The predicted molar refractivity (Wildman–Crippen MR) is 85.9 cm³/mol. The Morgan fingerprint density at radius 3 is 2.68 bits per heavy atom. The van der Waals surface area contributed by atoms with Crippen LogP contribution in [0, 0.1) is 0 Å². The fraction of sp³-hybridized carbons (Fsp3) is 0.688. The van der Waals surface area contributed by atoms with Crippen LogP contribution < -0.4 is 0 Å². The van der Waals surface area contributed by atoms with Crippen molar-refractivity contribution in [2.75, 3.05) is 13.1 Å². The molecule has 1 fully saturated rings. The van der Waals surface area contributed by atoms with Gasteiger partial charge >= 0.3 is 6.18 Å². The van der Waals surface area contributed by atoms with Crippen LogP contribution in [0.2, 0.25) is 0 Å². The number of piperidine rings is 1. The Bertz CT molecular complexity index is 718. The molecule has 9 heteroatoms. The zero-order valence-electron chi connectivity index (χ0n) is 14.6. The highest BCUT2D eigenvalue weighted by molar-refractivity contribution is 5.10. The lowest BCUT2D eigenvalue weighted by molar-refractivity contribution is -0.141. The van der Waals surface area contributed by atoms with Crippen molar-refractivity contribution in [3.63, 3.8) is 0 Å². The number of alkyl halides is 3. The molecule has 0 aliphatic carbocycles. The minimum absolute atomic E-state index is 0.0253. The van der Waals surface area contributed by atoms with Gasteiger partial charge in [-0.1, -0.05) is 13.8 Å². The van der Waals surface area contributed by atoms with E-state index in [1.807, 2.05) is 11.6 Å². The molecule has 1 unspecified atom stereocenters. The molecule has 0 radical (unpaired) electrons. The molecule has 138 valence electrons. The number of nitrogens with zero attached hydrogens (tertiary/aromatic N) is 5. The van der Waals surface area contributed by atoms with Gasteiger partial charge in [0.1, 0.15) is 23.2 Å². The normalized spacial score (nSPS) is 19.7. The molecule has 0 aromatic carbocycles. The molecule has 0 saturated carbocycles. The van der Waals surface area contributed by atoms with Crippen LogP contribution in [0.25, 0.3) is 0 Å². The maximum atomic E-state index is 12.7. The van der Waals surface area contributed by atoms with E-state index in [1.54, 1.807) is 0 Å². The molecular weight excluding hydrogens is 333 g/mol. The van der Waals surface area contributed by atoms with Gasteiger partial charge in [-0.3, -0.25) is 4.90 Å². The Labute approximate surface area is 144 Å². The zero-order chi connectivity index (χ0) is 18.2. The molecule has 25 heavy (non-hydrogen) atoms. The maximum absolute atomic E-state index is 12.7. The number of H-pyrrole nitrogens is 1. The second-order valence-corrected chi connectivity index (χ2v) is 6.94. The van der Waals surface area contributed by atoms with Crippen molar-refractivity contribution < 1.29 is 13.2 Å². The Balaban J connectivity index is 1.68. The maximum Gasteiger partial charge on any atom is 0.432 e. The molecule has 6 nitrogen and oxygen atoms in total. The van der Waals surface area contributed by atoms with Crippen LogP contribution in [0.5, 0.6) is 0 Å². The van der Waals surface area contributed by atoms with Crippen molar-refractivity contribution in [3.05, 3.63) is 29.4 Å². The van der Waals surface area contributed by atoms with E-state index in [2.05, 4.69) is 38.9 Å². The molecule has 2 aromatic heterocycles. The van der Waals surface area contributed by atoms with Crippen molar-refractivity contribution in [2.45, 2.75) is 51.2 Å². The summed E-state index contributed by atoms with van der Waals surface area (Å²) in [6.07, 6.45) is -1.75. The Kier molecular flexibility index (Phi) is 4.86. The van der Waals surface area contributed by atoms with Crippen LogP contribution in [-0.4, -0.2) is 42.7 Å². The molecule has 1 aliphatic heterocycles. The van der Waals surface area contributed by atoms with E-state index in [4.69, 9.17) is 0 Å². The number of imidazole rings is 1. The van der Waals surface area contributed by atoms with E-state index in [1.165, 1.54) is 0 Å². The first-order valence-electron chi connectivity index (χ1n) is 8.48. The monoisotopic (exact) mass is 356 g/mol. The van der Waals surface area contributed by atoms with E-state index in [-0.39, 0.29) is 5.92 Å². The van der Waals surface area contributed by atoms with Crippen molar-refractivity contribution >= 4 is 0 Å². The van der Waals surface area contributed by atoms with Gasteiger partial charge in [0.05, 0.1) is 12.7 Å². The van der Waals surface area contributed by atoms with Gasteiger partial charge in [0, 0.05) is 25.4 Å². The third-order valence-corrected chi connectivity index (χ3v) is 4.67. The van der Waals surface area contributed by atoms with Gasteiger partial charge in [0.25, 0.3) is 0 Å². The molecule has 1 N–H and O–H groups in total. The van der Waals surface area contributed by atoms with Gasteiger partial charge < -0.3 is 9.55 Å². The third-order valence-electron chi connectivity index (χ3n) is 4.67. The van der Waals surface area contributed by atoms with Crippen molar-refractivity contribution in [2.24, 2.45) is 7.05 Å². The van der Waals surface area contributed by atoms with Gasteiger partial charge in [-0.15, -0.1) is 10.2 Å². The lowest BCUT2D eigenvalue weighted by atomic mass is 9.97. The summed E-state index contributed by atoms with van der Waals surface area (Å²) in [6.45, 7) is 6.33. The van der Waals surface area contributed by atoms with Crippen LogP contribution in [0.3, 0.4) is 0 Å². The molecule has 1 saturated heterocycles. The van der Waals surface area contributed by atoms with Crippen LogP contribution >= 0.6 is 0 Å². The first kappa shape index (κ1) is 17.9. The second kappa shape index (κ2) is 6.78. The molecule has 0 amide bonds. The van der Waals surface area contributed by atoms with E-state index < -0.39 is 11.9 Å². The number of aromatic amines is 1. The van der Waals surface area contributed by atoms with Crippen molar-refractivity contribution in [3.8, 4) is 0 Å². The molecule has 1 aliphatic rings. The number of halogens is 3. The molecule has 3 heterocycles. The van der Waals surface area contributed by atoms with E-state index in [0.717, 1.165) is 37.2 Å². The second-order valence-electron chi connectivity index (χ2n) is 6.94. The van der Waals surface area contributed by atoms with Crippen LogP contribution in [0.4, 0.5) is 13.2 Å². The fourth-order valence-electron chi connectivity index (χ4n) is 3.33. The summed E-state index contributed by atoms with van der Waals surface area (Å²) in [5.74, 6) is 2.49. The molecule has 0 spiro atoms. The third kappa shape index (κ3) is 3.86. The molecule has 3 rings (SSSR count). The summed E-state index contributed by atoms with van der Waals surface area (Å²) in [6, 6.07) is 0. The summed E-state index contributed by atoms with van der Waals surface area (Å²) in [5, 5.41) is 8.50. The summed E-state index contributed by atoms with van der Waals surface area (Å²) >= 11 is 0. The molecule has 2 aromatic rings. The summed E-state index contributed by atoms with van der Waals surface area (Å²) in [7, 11) is 1.95. The molecular formula is C16H23F3N6. The SMILES string of the molecule is CC(C)c1nnc(CN2CCCC(c3ncc(C(F)(F)F)[nH]3)C2)n1C. The van der Waals surface area contributed by atoms with Crippen LogP contribution in [0.1, 0.15) is 61.7 Å². The number of hydrogen-bond donors (Lipinski definition) is 1. The Hall–Kier alpha value is -1.90.